The SMILES string of the molecule is Cc1cc([N+](=O)[O-])c2c(c1C)[C@@H]1C=CC[C@H]1[C@@H](c1ccccc1Cl)N2. The molecular weight excluding hydrogens is 336 g/mol. The Morgan fingerprint density at radius 1 is 1.28 bits per heavy atom. The predicted molar refractivity (Wildman–Crippen MR) is 100 cm³/mol. The molecular formula is C20H19ClN2O2. The Balaban J connectivity index is 1.94. The average molecular weight is 355 g/mol. The molecule has 2 aromatic rings. The first-order chi connectivity index (χ1) is 12.0. The van der Waals surface area contributed by atoms with Crippen molar-refractivity contribution >= 4 is 23.0 Å². The minimum absolute atomic E-state index is 0.0398. The van der Waals surface area contributed by atoms with E-state index in [-0.39, 0.29) is 22.6 Å². The van der Waals surface area contributed by atoms with Crippen molar-refractivity contribution in [3.63, 3.8) is 0 Å². The van der Waals surface area contributed by atoms with Crippen molar-refractivity contribution in [3.8, 4) is 0 Å². The highest BCUT2D eigenvalue weighted by atomic mass is 35.5. The van der Waals surface area contributed by atoms with Gasteiger partial charge in [-0.15, -0.1) is 0 Å². The van der Waals surface area contributed by atoms with E-state index in [1.165, 1.54) is 0 Å². The highest BCUT2D eigenvalue weighted by molar-refractivity contribution is 6.31. The van der Waals surface area contributed by atoms with Gasteiger partial charge < -0.3 is 5.32 Å². The molecule has 0 spiro atoms. The van der Waals surface area contributed by atoms with Gasteiger partial charge in [-0.25, -0.2) is 0 Å². The van der Waals surface area contributed by atoms with Crippen LogP contribution in [0.3, 0.4) is 0 Å². The van der Waals surface area contributed by atoms with Crippen LogP contribution in [-0.2, 0) is 0 Å². The molecule has 0 bridgehead atoms. The predicted octanol–water partition coefficient (Wildman–Crippen LogP) is 5.69. The third kappa shape index (κ3) is 2.44. The number of allylic oxidation sites excluding steroid dienone is 2. The average Bonchev–Trinajstić information content (AvgIpc) is 3.07. The van der Waals surface area contributed by atoms with E-state index >= 15 is 0 Å². The maximum Gasteiger partial charge on any atom is 0.292 e. The molecule has 3 atom stereocenters. The number of hydrogen-bond donors (Lipinski definition) is 1. The molecule has 0 saturated carbocycles. The normalized spacial score (nSPS) is 23.7. The smallest absolute Gasteiger partial charge is 0.292 e. The molecule has 0 fully saturated rings. The van der Waals surface area contributed by atoms with E-state index in [2.05, 4.69) is 24.4 Å². The molecule has 0 aromatic heterocycles. The van der Waals surface area contributed by atoms with E-state index in [4.69, 9.17) is 11.6 Å². The van der Waals surface area contributed by atoms with Crippen LogP contribution in [-0.4, -0.2) is 4.92 Å². The number of nitrogens with zero attached hydrogens (tertiary/aromatic N) is 1. The van der Waals surface area contributed by atoms with Gasteiger partial charge in [-0.3, -0.25) is 10.1 Å². The second-order valence-corrected chi connectivity index (χ2v) is 7.29. The Labute approximate surface area is 151 Å². The Morgan fingerprint density at radius 2 is 2.04 bits per heavy atom. The molecule has 4 nitrogen and oxygen atoms in total. The number of nitro benzene ring substituents is 1. The molecule has 1 N–H and O–H groups in total. The summed E-state index contributed by atoms with van der Waals surface area (Å²) in [7, 11) is 0. The third-order valence-electron chi connectivity index (χ3n) is 5.59. The fourth-order valence-corrected chi connectivity index (χ4v) is 4.51. The summed E-state index contributed by atoms with van der Waals surface area (Å²) in [6, 6.07) is 9.38. The summed E-state index contributed by atoms with van der Waals surface area (Å²) in [6.07, 6.45) is 5.32. The van der Waals surface area contributed by atoms with Crippen LogP contribution in [0.1, 0.15) is 40.6 Å². The first-order valence-corrected chi connectivity index (χ1v) is 8.83. The van der Waals surface area contributed by atoms with Crippen LogP contribution in [0.4, 0.5) is 11.4 Å². The van der Waals surface area contributed by atoms with Gasteiger partial charge in [-0.05, 0) is 54.5 Å². The van der Waals surface area contributed by atoms with Crippen LogP contribution in [0.15, 0.2) is 42.5 Å². The quantitative estimate of drug-likeness (QED) is 0.428. The first kappa shape index (κ1) is 16.2. The molecule has 0 amide bonds. The van der Waals surface area contributed by atoms with Crippen molar-refractivity contribution in [2.45, 2.75) is 32.2 Å². The number of rotatable bonds is 2. The molecule has 4 rings (SSSR count). The van der Waals surface area contributed by atoms with E-state index in [0.29, 0.717) is 16.6 Å². The Kier molecular flexibility index (Phi) is 3.80. The van der Waals surface area contributed by atoms with Crippen molar-refractivity contribution < 1.29 is 4.92 Å². The lowest BCUT2D eigenvalue weighted by Crippen LogP contribution is -2.30. The standard InChI is InChI=1S/C20H19ClN2O2/c1-11-10-17(23(24)25)20-18(12(11)2)13-7-5-8-14(13)19(22-20)15-6-3-4-9-16(15)21/h3-7,9-10,13-14,19,22H,8H2,1-2H3/t13-,14-,19+/m1/s1. The molecule has 128 valence electrons. The lowest BCUT2D eigenvalue weighted by molar-refractivity contribution is -0.384. The number of anilines is 1. The second-order valence-electron chi connectivity index (χ2n) is 6.88. The van der Waals surface area contributed by atoms with Crippen molar-refractivity contribution in [2.24, 2.45) is 5.92 Å². The Morgan fingerprint density at radius 3 is 2.76 bits per heavy atom. The van der Waals surface area contributed by atoms with Gasteiger partial charge in [-0.2, -0.15) is 0 Å². The largest absolute Gasteiger partial charge is 0.372 e. The van der Waals surface area contributed by atoms with Crippen LogP contribution in [0.5, 0.6) is 0 Å². The van der Waals surface area contributed by atoms with Gasteiger partial charge in [0.25, 0.3) is 5.69 Å². The summed E-state index contributed by atoms with van der Waals surface area (Å²) in [4.78, 5) is 11.4. The van der Waals surface area contributed by atoms with Gasteiger partial charge in [-0.1, -0.05) is 42.0 Å². The molecule has 0 unspecified atom stereocenters. The van der Waals surface area contributed by atoms with Crippen LogP contribution in [0.25, 0.3) is 0 Å². The molecule has 5 heteroatoms. The zero-order valence-corrected chi connectivity index (χ0v) is 14.9. The van der Waals surface area contributed by atoms with Crippen LogP contribution in [0.2, 0.25) is 5.02 Å². The van der Waals surface area contributed by atoms with E-state index in [9.17, 15) is 10.1 Å². The van der Waals surface area contributed by atoms with Crippen LogP contribution in [0, 0.1) is 29.9 Å². The minimum atomic E-state index is -0.291. The lowest BCUT2D eigenvalue weighted by Gasteiger charge is -2.38. The molecule has 1 aliphatic heterocycles. The monoisotopic (exact) mass is 354 g/mol. The Hall–Kier alpha value is -2.33. The Bertz CT molecular complexity index is 907. The van der Waals surface area contributed by atoms with E-state index in [1.807, 2.05) is 31.2 Å². The summed E-state index contributed by atoms with van der Waals surface area (Å²) in [5.41, 5.74) is 4.95. The van der Waals surface area contributed by atoms with Crippen LogP contribution < -0.4 is 5.32 Å². The summed E-state index contributed by atoms with van der Waals surface area (Å²) < 4.78 is 0. The zero-order valence-electron chi connectivity index (χ0n) is 14.1. The lowest BCUT2D eigenvalue weighted by atomic mass is 9.74. The summed E-state index contributed by atoms with van der Waals surface area (Å²) >= 11 is 6.44. The summed E-state index contributed by atoms with van der Waals surface area (Å²) in [6.45, 7) is 4.00. The second kappa shape index (κ2) is 5.88. The number of benzene rings is 2. The number of nitrogens with one attached hydrogen (secondary N) is 1. The molecule has 1 heterocycles. The minimum Gasteiger partial charge on any atom is -0.372 e. The molecule has 2 aliphatic rings. The molecule has 2 aromatic carbocycles. The molecule has 0 saturated heterocycles. The van der Waals surface area contributed by atoms with E-state index in [1.54, 1.807) is 6.07 Å². The number of nitro groups is 1. The van der Waals surface area contributed by atoms with E-state index < -0.39 is 0 Å². The van der Waals surface area contributed by atoms with Gasteiger partial charge in [0.2, 0.25) is 0 Å². The molecule has 25 heavy (non-hydrogen) atoms. The van der Waals surface area contributed by atoms with Crippen LogP contribution >= 0.6 is 11.6 Å². The van der Waals surface area contributed by atoms with Gasteiger partial charge >= 0.3 is 0 Å². The maximum absolute atomic E-state index is 11.7. The third-order valence-corrected chi connectivity index (χ3v) is 5.93. The molecule has 0 radical (unpaired) electrons. The van der Waals surface area contributed by atoms with Crippen molar-refractivity contribution in [1.82, 2.24) is 0 Å². The van der Waals surface area contributed by atoms with E-state index in [0.717, 1.165) is 28.7 Å². The fraction of sp³-hybridized carbons (Fsp3) is 0.300. The molecule has 1 aliphatic carbocycles. The van der Waals surface area contributed by atoms with Crippen molar-refractivity contribution in [2.75, 3.05) is 5.32 Å². The van der Waals surface area contributed by atoms with Gasteiger partial charge in [0, 0.05) is 17.0 Å². The van der Waals surface area contributed by atoms with Crippen molar-refractivity contribution in [3.05, 3.63) is 79.9 Å². The number of halogens is 1. The highest BCUT2D eigenvalue weighted by Gasteiger charge is 2.42. The number of fused-ring (bicyclic) bond motifs is 3. The summed E-state index contributed by atoms with van der Waals surface area (Å²) in [5, 5.41) is 15.8. The topological polar surface area (TPSA) is 55.2 Å². The maximum atomic E-state index is 11.7. The fourth-order valence-electron chi connectivity index (χ4n) is 4.26. The van der Waals surface area contributed by atoms with Gasteiger partial charge in [0.05, 0.1) is 11.0 Å². The first-order valence-electron chi connectivity index (χ1n) is 8.45. The van der Waals surface area contributed by atoms with Gasteiger partial charge in [0.1, 0.15) is 5.69 Å². The zero-order chi connectivity index (χ0) is 17.7. The summed E-state index contributed by atoms with van der Waals surface area (Å²) in [5.74, 6) is 0.489. The van der Waals surface area contributed by atoms with Gasteiger partial charge in [0.15, 0.2) is 0 Å². The highest BCUT2D eigenvalue weighted by Crippen LogP contribution is 2.54. The number of aryl methyl sites for hydroxylation is 1. The number of hydrogen-bond acceptors (Lipinski definition) is 3. The van der Waals surface area contributed by atoms with Crippen molar-refractivity contribution in [1.29, 1.82) is 0 Å².